The number of hydrogen-bond acceptors (Lipinski definition) is 2. The first-order valence-electron chi connectivity index (χ1n) is 5.57. The molecule has 0 bridgehead atoms. The van der Waals surface area contributed by atoms with E-state index in [0.29, 0.717) is 0 Å². The van der Waals surface area contributed by atoms with E-state index in [2.05, 4.69) is 5.32 Å². The number of nitrogens with one attached hydrogen (secondary N) is 1. The highest BCUT2D eigenvalue weighted by Gasteiger charge is 2.20. The summed E-state index contributed by atoms with van der Waals surface area (Å²) in [5.74, 6) is -3.04. The zero-order chi connectivity index (χ0) is 12.4. The molecule has 0 radical (unpaired) electrons. The quantitative estimate of drug-likeness (QED) is 0.855. The number of hydrogen-bond donors (Lipinski definition) is 2. The molecule has 5 heteroatoms. The second kappa shape index (κ2) is 4.69. The molecular weight excluding hydrogens is 228 g/mol. The number of anilines is 1. The van der Waals surface area contributed by atoms with Gasteiger partial charge in [-0.25, -0.2) is 13.6 Å². The fourth-order valence-corrected chi connectivity index (χ4v) is 2.11. The molecule has 92 valence electrons. The van der Waals surface area contributed by atoms with Crippen LogP contribution in [0.5, 0.6) is 0 Å². The van der Waals surface area contributed by atoms with Crippen molar-refractivity contribution < 1.29 is 18.7 Å². The molecule has 0 spiro atoms. The van der Waals surface area contributed by atoms with Crippen molar-refractivity contribution in [1.82, 2.24) is 0 Å². The van der Waals surface area contributed by atoms with Crippen LogP contribution in [0.4, 0.5) is 14.5 Å². The summed E-state index contributed by atoms with van der Waals surface area (Å²) in [6, 6.07) is 1.75. The van der Waals surface area contributed by atoms with Crippen molar-refractivity contribution >= 4 is 11.7 Å². The van der Waals surface area contributed by atoms with Crippen LogP contribution in [0, 0.1) is 11.6 Å². The maximum atomic E-state index is 13.6. The van der Waals surface area contributed by atoms with Crippen molar-refractivity contribution in [3.63, 3.8) is 0 Å². The Morgan fingerprint density at radius 3 is 2.24 bits per heavy atom. The summed E-state index contributed by atoms with van der Waals surface area (Å²) in [5.41, 5.74) is -0.598. The van der Waals surface area contributed by atoms with E-state index in [9.17, 15) is 13.6 Å². The molecule has 17 heavy (non-hydrogen) atoms. The second-order valence-corrected chi connectivity index (χ2v) is 4.25. The van der Waals surface area contributed by atoms with Gasteiger partial charge in [0.2, 0.25) is 0 Å². The van der Waals surface area contributed by atoms with Gasteiger partial charge in [-0.1, -0.05) is 12.8 Å². The fraction of sp³-hybridized carbons (Fsp3) is 0.417. The molecule has 0 saturated heterocycles. The predicted molar refractivity (Wildman–Crippen MR) is 59.2 cm³/mol. The van der Waals surface area contributed by atoms with E-state index in [1.54, 1.807) is 0 Å². The highest BCUT2D eigenvalue weighted by atomic mass is 19.1. The lowest BCUT2D eigenvalue weighted by atomic mass is 10.1. The fourth-order valence-electron chi connectivity index (χ4n) is 2.11. The van der Waals surface area contributed by atoms with Crippen molar-refractivity contribution in [2.24, 2.45) is 0 Å². The molecule has 1 aliphatic rings. The predicted octanol–water partition coefficient (Wildman–Crippen LogP) is 3.02. The van der Waals surface area contributed by atoms with E-state index >= 15 is 0 Å². The number of carboxylic acid groups (broad SMARTS) is 1. The summed E-state index contributed by atoms with van der Waals surface area (Å²) >= 11 is 0. The van der Waals surface area contributed by atoms with Gasteiger partial charge >= 0.3 is 5.97 Å². The summed E-state index contributed by atoms with van der Waals surface area (Å²) in [5, 5.41) is 11.5. The van der Waals surface area contributed by atoms with Crippen LogP contribution in [0.15, 0.2) is 12.1 Å². The number of halogens is 2. The van der Waals surface area contributed by atoms with E-state index in [1.165, 1.54) is 0 Å². The molecule has 1 fully saturated rings. The minimum absolute atomic E-state index is 0.0784. The molecule has 1 saturated carbocycles. The Labute approximate surface area is 97.5 Å². The van der Waals surface area contributed by atoms with Gasteiger partial charge in [-0.15, -0.1) is 0 Å². The summed E-state index contributed by atoms with van der Waals surface area (Å²) in [4.78, 5) is 10.6. The van der Waals surface area contributed by atoms with Crippen molar-refractivity contribution in [2.75, 3.05) is 5.32 Å². The van der Waals surface area contributed by atoms with E-state index in [0.717, 1.165) is 37.8 Å². The maximum absolute atomic E-state index is 13.6. The largest absolute Gasteiger partial charge is 0.478 e. The molecule has 2 N–H and O–H groups in total. The third-order valence-electron chi connectivity index (χ3n) is 2.99. The number of carboxylic acids is 1. The molecule has 1 aromatic rings. The standard InChI is InChI=1S/C12H13F2NO2/c13-9-5-7(12(16)17)6-10(14)11(9)15-8-3-1-2-4-8/h5-6,8,15H,1-4H2,(H,16,17). The Hall–Kier alpha value is -1.65. The molecular formula is C12H13F2NO2. The van der Waals surface area contributed by atoms with Gasteiger partial charge in [0, 0.05) is 6.04 Å². The maximum Gasteiger partial charge on any atom is 0.335 e. The molecule has 3 nitrogen and oxygen atoms in total. The van der Waals surface area contributed by atoms with Crippen molar-refractivity contribution in [1.29, 1.82) is 0 Å². The Bertz CT molecular complexity index is 419. The zero-order valence-corrected chi connectivity index (χ0v) is 9.17. The molecule has 0 aliphatic heterocycles. The Kier molecular flexibility index (Phi) is 3.26. The minimum atomic E-state index is -1.34. The van der Waals surface area contributed by atoms with Crippen molar-refractivity contribution in [2.45, 2.75) is 31.7 Å². The smallest absolute Gasteiger partial charge is 0.335 e. The molecule has 1 aromatic carbocycles. The Morgan fingerprint density at radius 2 is 1.76 bits per heavy atom. The highest BCUT2D eigenvalue weighted by molar-refractivity contribution is 5.88. The first kappa shape index (κ1) is 11.8. The number of aromatic carboxylic acids is 1. The van der Waals surface area contributed by atoms with Crippen LogP contribution in [0.1, 0.15) is 36.0 Å². The molecule has 0 unspecified atom stereocenters. The zero-order valence-electron chi connectivity index (χ0n) is 9.17. The number of rotatable bonds is 3. The first-order valence-corrected chi connectivity index (χ1v) is 5.57. The lowest BCUT2D eigenvalue weighted by Gasteiger charge is -2.15. The normalized spacial score (nSPS) is 16.1. The van der Waals surface area contributed by atoms with Gasteiger partial charge < -0.3 is 10.4 Å². The average Bonchev–Trinajstić information content (AvgIpc) is 2.75. The Morgan fingerprint density at radius 1 is 1.24 bits per heavy atom. The van der Waals surface area contributed by atoms with Crippen LogP contribution < -0.4 is 5.32 Å². The number of carbonyl (C=O) groups is 1. The van der Waals surface area contributed by atoms with Gasteiger partial charge in [0.05, 0.1) is 5.56 Å². The molecule has 0 atom stereocenters. The van der Waals surface area contributed by atoms with Crippen LogP contribution in [-0.2, 0) is 0 Å². The van der Waals surface area contributed by atoms with E-state index in [1.807, 2.05) is 0 Å². The van der Waals surface area contributed by atoms with E-state index in [4.69, 9.17) is 5.11 Å². The van der Waals surface area contributed by atoms with Crippen LogP contribution >= 0.6 is 0 Å². The highest BCUT2D eigenvalue weighted by Crippen LogP contribution is 2.26. The molecule has 0 heterocycles. The lowest BCUT2D eigenvalue weighted by molar-refractivity contribution is 0.0696. The van der Waals surface area contributed by atoms with Gasteiger partial charge in [0.25, 0.3) is 0 Å². The van der Waals surface area contributed by atoms with Crippen molar-refractivity contribution in [3.05, 3.63) is 29.3 Å². The summed E-state index contributed by atoms with van der Waals surface area (Å²) in [6.07, 6.45) is 3.88. The monoisotopic (exact) mass is 241 g/mol. The summed E-state index contributed by atoms with van der Waals surface area (Å²) in [6.45, 7) is 0. The van der Waals surface area contributed by atoms with Crippen LogP contribution in [-0.4, -0.2) is 17.1 Å². The van der Waals surface area contributed by atoms with Crippen LogP contribution in [0.2, 0.25) is 0 Å². The molecule has 0 amide bonds. The average molecular weight is 241 g/mol. The van der Waals surface area contributed by atoms with E-state index < -0.39 is 17.6 Å². The molecule has 2 rings (SSSR count). The van der Waals surface area contributed by atoms with Crippen LogP contribution in [0.3, 0.4) is 0 Å². The summed E-state index contributed by atoms with van der Waals surface area (Å²) < 4.78 is 27.1. The van der Waals surface area contributed by atoms with Gasteiger partial charge in [-0.2, -0.15) is 0 Å². The van der Waals surface area contributed by atoms with E-state index in [-0.39, 0.29) is 17.3 Å². The second-order valence-electron chi connectivity index (χ2n) is 4.25. The lowest BCUT2D eigenvalue weighted by Crippen LogP contribution is -2.17. The minimum Gasteiger partial charge on any atom is -0.478 e. The number of benzene rings is 1. The van der Waals surface area contributed by atoms with Gasteiger partial charge in [0.15, 0.2) is 0 Å². The Balaban J connectivity index is 2.24. The molecule has 0 aromatic heterocycles. The first-order chi connectivity index (χ1) is 8.08. The third-order valence-corrected chi connectivity index (χ3v) is 2.99. The van der Waals surface area contributed by atoms with Gasteiger partial charge in [0.1, 0.15) is 17.3 Å². The third kappa shape index (κ3) is 2.54. The van der Waals surface area contributed by atoms with Crippen molar-refractivity contribution in [3.8, 4) is 0 Å². The van der Waals surface area contributed by atoms with Gasteiger partial charge in [-0.05, 0) is 25.0 Å². The molecule has 1 aliphatic carbocycles. The van der Waals surface area contributed by atoms with Crippen LogP contribution in [0.25, 0.3) is 0 Å². The summed E-state index contributed by atoms with van der Waals surface area (Å²) in [7, 11) is 0. The topological polar surface area (TPSA) is 49.3 Å². The SMILES string of the molecule is O=C(O)c1cc(F)c(NC2CCCC2)c(F)c1. The van der Waals surface area contributed by atoms with Gasteiger partial charge in [-0.3, -0.25) is 0 Å².